The van der Waals surface area contributed by atoms with E-state index in [1.54, 1.807) is 0 Å². The summed E-state index contributed by atoms with van der Waals surface area (Å²) < 4.78 is 0. The smallest absolute Gasteiger partial charge is 0.0172 e. The summed E-state index contributed by atoms with van der Waals surface area (Å²) in [6.07, 6.45) is 0. The number of piperidine rings is 1. The number of piperazine rings is 1. The normalized spacial score (nSPS) is 41.1. The number of hydrogen-bond donors (Lipinski definition) is 2. The molecule has 0 aromatic heterocycles. The van der Waals surface area contributed by atoms with Crippen molar-refractivity contribution in [1.82, 2.24) is 15.5 Å². The van der Waals surface area contributed by atoms with Gasteiger partial charge in [-0.05, 0) is 24.9 Å². The molecule has 2 saturated heterocycles. The van der Waals surface area contributed by atoms with E-state index in [-0.39, 0.29) is 0 Å². The van der Waals surface area contributed by atoms with Gasteiger partial charge in [0.2, 0.25) is 0 Å². The van der Waals surface area contributed by atoms with Crippen molar-refractivity contribution in [2.24, 2.45) is 11.8 Å². The van der Waals surface area contributed by atoms with Crippen LogP contribution in [0.3, 0.4) is 0 Å². The highest BCUT2D eigenvalue weighted by atomic mass is 15.2. The lowest BCUT2D eigenvalue weighted by Crippen LogP contribution is -2.58. The lowest BCUT2D eigenvalue weighted by molar-refractivity contribution is 0.0685. The van der Waals surface area contributed by atoms with Gasteiger partial charge in [0.15, 0.2) is 0 Å². The lowest BCUT2D eigenvalue weighted by Gasteiger charge is -2.44. The van der Waals surface area contributed by atoms with Gasteiger partial charge in [-0.15, -0.1) is 0 Å². The van der Waals surface area contributed by atoms with E-state index >= 15 is 0 Å². The molecule has 0 radical (unpaired) electrons. The van der Waals surface area contributed by atoms with Crippen molar-refractivity contribution in [3.63, 3.8) is 0 Å². The summed E-state index contributed by atoms with van der Waals surface area (Å²) in [5.41, 5.74) is 0. The second-order valence-corrected chi connectivity index (χ2v) is 4.89. The third-order valence-electron chi connectivity index (χ3n) is 3.67. The zero-order valence-electron chi connectivity index (χ0n) is 9.42. The van der Waals surface area contributed by atoms with E-state index in [1.807, 2.05) is 0 Å². The molecule has 2 aliphatic rings. The van der Waals surface area contributed by atoms with Crippen LogP contribution in [0.15, 0.2) is 0 Å². The minimum atomic E-state index is 0.803. The summed E-state index contributed by atoms with van der Waals surface area (Å²) >= 11 is 0. The molecule has 2 heterocycles. The van der Waals surface area contributed by atoms with E-state index in [1.165, 1.54) is 39.3 Å². The first-order valence-corrected chi connectivity index (χ1v) is 5.94. The molecule has 2 aliphatic heterocycles. The van der Waals surface area contributed by atoms with E-state index in [0.29, 0.717) is 0 Å². The first kappa shape index (κ1) is 10.4. The Labute approximate surface area is 87.2 Å². The van der Waals surface area contributed by atoms with Gasteiger partial charge in [-0.2, -0.15) is 0 Å². The van der Waals surface area contributed by atoms with E-state index < -0.39 is 0 Å². The van der Waals surface area contributed by atoms with Gasteiger partial charge in [-0.1, -0.05) is 13.8 Å². The molecule has 14 heavy (non-hydrogen) atoms. The van der Waals surface area contributed by atoms with Gasteiger partial charge < -0.3 is 10.6 Å². The molecular weight excluding hydrogens is 174 g/mol. The summed E-state index contributed by atoms with van der Waals surface area (Å²) in [6.45, 7) is 12.0. The monoisotopic (exact) mass is 197 g/mol. The Morgan fingerprint density at radius 1 is 0.929 bits per heavy atom. The Balaban J connectivity index is 1.97. The average molecular weight is 197 g/mol. The second kappa shape index (κ2) is 4.60. The molecule has 0 aromatic rings. The third-order valence-corrected chi connectivity index (χ3v) is 3.67. The highest BCUT2D eigenvalue weighted by Crippen LogP contribution is 2.22. The summed E-state index contributed by atoms with van der Waals surface area (Å²) in [5, 5.41) is 6.94. The number of hydrogen-bond acceptors (Lipinski definition) is 3. The standard InChI is InChI=1S/C11H23N3/c1-9-7-13-8-10(2)11(9)14-5-3-12-4-6-14/h9-13H,3-8H2,1-2H3. The average Bonchev–Trinajstić information content (AvgIpc) is 2.19. The van der Waals surface area contributed by atoms with E-state index in [9.17, 15) is 0 Å². The Kier molecular flexibility index (Phi) is 3.42. The van der Waals surface area contributed by atoms with Crippen molar-refractivity contribution in [2.75, 3.05) is 39.3 Å². The predicted octanol–water partition coefficient (Wildman–Crippen LogP) is 0.136. The summed E-state index contributed by atoms with van der Waals surface area (Å²) in [7, 11) is 0. The molecule has 2 atom stereocenters. The van der Waals surface area contributed by atoms with Crippen LogP contribution in [-0.4, -0.2) is 50.2 Å². The molecule has 0 aromatic carbocycles. The van der Waals surface area contributed by atoms with E-state index in [0.717, 1.165) is 17.9 Å². The Morgan fingerprint density at radius 2 is 1.50 bits per heavy atom. The molecule has 3 heteroatoms. The van der Waals surface area contributed by atoms with Gasteiger partial charge in [-0.25, -0.2) is 0 Å². The van der Waals surface area contributed by atoms with Crippen LogP contribution in [0.5, 0.6) is 0 Å². The van der Waals surface area contributed by atoms with Gasteiger partial charge in [0.25, 0.3) is 0 Å². The van der Waals surface area contributed by atoms with Gasteiger partial charge >= 0.3 is 0 Å². The maximum absolute atomic E-state index is 3.51. The second-order valence-electron chi connectivity index (χ2n) is 4.89. The number of nitrogens with one attached hydrogen (secondary N) is 2. The fourth-order valence-electron chi connectivity index (χ4n) is 3.04. The van der Waals surface area contributed by atoms with Crippen molar-refractivity contribution >= 4 is 0 Å². The van der Waals surface area contributed by atoms with E-state index in [2.05, 4.69) is 29.4 Å². The van der Waals surface area contributed by atoms with Gasteiger partial charge in [0.1, 0.15) is 0 Å². The molecule has 0 aliphatic carbocycles. The van der Waals surface area contributed by atoms with Crippen LogP contribution in [0.1, 0.15) is 13.8 Å². The van der Waals surface area contributed by atoms with Crippen molar-refractivity contribution in [2.45, 2.75) is 19.9 Å². The first-order valence-electron chi connectivity index (χ1n) is 5.94. The summed E-state index contributed by atoms with van der Waals surface area (Å²) in [5.74, 6) is 1.61. The molecule has 2 rings (SSSR count). The fourth-order valence-corrected chi connectivity index (χ4v) is 3.04. The van der Waals surface area contributed by atoms with E-state index in [4.69, 9.17) is 0 Å². The maximum atomic E-state index is 3.51. The molecule has 2 fully saturated rings. The zero-order valence-corrected chi connectivity index (χ0v) is 9.42. The third kappa shape index (κ3) is 2.10. The first-order chi connectivity index (χ1) is 6.79. The molecule has 0 amide bonds. The lowest BCUT2D eigenvalue weighted by atomic mass is 9.85. The number of nitrogens with zero attached hydrogens (tertiary/aromatic N) is 1. The van der Waals surface area contributed by atoms with Crippen LogP contribution in [0.25, 0.3) is 0 Å². The molecule has 82 valence electrons. The van der Waals surface area contributed by atoms with Crippen LogP contribution < -0.4 is 10.6 Å². The maximum Gasteiger partial charge on any atom is 0.0172 e. The minimum absolute atomic E-state index is 0.803. The van der Waals surface area contributed by atoms with Crippen LogP contribution in [0, 0.1) is 11.8 Å². The quantitative estimate of drug-likeness (QED) is 0.626. The van der Waals surface area contributed by atoms with Gasteiger partial charge in [0.05, 0.1) is 0 Å². The van der Waals surface area contributed by atoms with Crippen molar-refractivity contribution in [3.05, 3.63) is 0 Å². The predicted molar refractivity (Wildman–Crippen MR) is 59.4 cm³/mol. The van der Waals surface area contributed by atoms with Crippen molar-refractivity contribution in [1.29, 1.82) is 0 Å². The molecule has 0 bridgehead atoms. The van der Waals surface area contributed by atoms with Crippen LogP contribution in [0.2, 0.25) is 0 Å². The van der Waals surface area contributed by atoms with Gasteiger partial charge in [0, 0.05) is 32.2 Å². The van der Waals surface area contributed by atoms with Crippen LogP contribution >= 0.6 is 0 Å². The highest BCUT2D eigenvalue weighted by Gasteiger charge is 2.32. The zero-order chi connectivity index (χ0) is 9.97. The van der Waals surface area contributed by atoms with Crippen molar-refractivity contribution < 1.29 is 0 Å². The van der Waals surface area contributed by atoms with Crippen molar-refractivity contribution in [3.8, 4) is 0 Å². The van der Waals surface area contributed by atoms with Crippen LogP contribution in [0.4, 0.5) is 0 Å². The van der Waals surface area contributed by atoms with Gasteiger partial charge in [-0.3, -0.25) is 4.90 Å². The Hall–Kier alpha value is -0.120. The summed E-state index contributed by atoms with van der Waals surface area (Å²) in [6, 6.07) is 0.804. The van der Waals surface area contributed by atoms with Crippen LogP contribution in [-0.2, 0) is 0 Å². The Morgan fingerprint density at radius 3 is 2.07 bits per heavy atom. The minimum Gasteiger partial charge on any atom is -0.316 e. The summed E-state index contributed by atoms with van der Waals surface area (Å²) in [4.78, 5) is 2.69. The number of rotatable bonds is 1. The molecule has 0 spiro atoms. The molecule has 0 saturated carbocycles. The SMILES string of the molecule is CC1CNCC(C)C1N1CCNCC1. The molecule has 3 nitrogen and oxygen atoms in total. The highest BCUT2D eigenvalue weighted by molar-refractivity contribution is 4.89. The molecule has 2 N–H and O–H groups in total. The molecule has 2 unspecified atom stereocenters. The molecular formula is C11H23N3. The largest absolute Gasteiger partial charge is 0.316 e. The fraction of sp³-hybridized carbons (Fsp3) is 1.00. The Bertz CT molecular complexity index is 167. The topological polar surface area (TPSA) is 27.3 Å².